The number of methoxy groups -OCH3 is 1. The van der Waals surface area contributed by atoms with Crippen LogP contribution in [0.4, 0.5) is 0 Å². The Morgan fingerprint density at radius 2 is 2.00 bits per heavy atom. The number of nitrogens with zero attached hydrogens (tertiary/aromatic N) is 1. The van der Waals surface area contributed by atoms with E-state index in [1.54, 1.807) is 7.11 Å². The first kappa shape index (κ1) is 19.2. The summed E-state index contributed by atoms with van der Waals surface area (Å²) in [5.74, 6) is 1.95. The van der Waals surface area contributed by atoms with Gasteiger partial charge in [-0.1, -0.05) is 30.3 Å². The quantitative estimate of drug-likeness (QED) is 0.724. The third-order valence-corrected chi connectivity index (χ3v) is 6.44. The van der Waals surface area contributed by atoms with Crippen LogP contribution >= 0.6 is 0 Å². The number of rotatable bonds is 6. The zero-order valence-electron chi connectivity index (χ0n) is 17.2. The molecule has 0 amide bonds. The van der Waals surface area contributed by atoms with Crippen LogP contribution in [0, 0.1) is 0 Å². The molecule has 0 radical (unpaired) electrons. The second-order valence-corrected chi connectivity index (χ2v) is 8.40. The first-order valence-corrected chi connectivity index (χ1v) is 10.6. The van der Waals surface area contributed by atoms with Gasteiger partial charge in [0.1, 0.15) is 5.75 Å². The van der Waals surface area contributed by atoms with E-state index in [-0.39, 0.29) is 0 Å². The Morgan fingerprint density at radius 1 is 1.11 bits per heavy atom. The first-order valence-electron chi connectivity index (χ1n) is 10.6. The topological polar surface area (TPSA) is 29.5 Å². The van der Waals surface area contributed by atoms with Crippen molar-refractivity contribution in [3.63, 3.8) is 0 Å². The van der Waals surface area contributed by atoms with Crippen molar-refractivity contribution in [2.24, 2.45) is 0 Å². The number of benzene rings is 2. The summed E-state index contributed by atoms with van der Waals surface area (Å²) < 4.78 is 5.59. The van der Waals surface area contributed by atoms with E-state index in [1.807, 2.05) is 0 Å². The number of carbonyl (C=O) groups excluding carboxylic acids is 1. The Hall–Kier alpha value is -2.13. The largest absolute Gasteiger partial charge is 0.496 e. The van der Waals surface area contributed by atoms with Crippen LogP contribution in [0.3, 0.4) is 0 Å². The molecule has 148 valence electrons. The van der Waals surface area contributed by atoms with E-state index in [4.69, 9.17) is 4.74 Å². The molecular formula is C25H31NO2. The Kier molecular flexibility index (Phi) is 5.82. The van der Waals surface area contributed by atoms with Gasteiger partial charge in [0, 0.05) is 25.1 Å². The SMILES string of the molecule is COc1cccc2c1CCCC2CN(C)CCc1ccc2c(c1)CCCC2=O. The van der Waals surface area contributed by atoms with Crippen molar-refractivity contribution in [2.75, 3.05) is 27.2 Å². The molecule has 2 aromatic rings. The van der Waals surface area contributed by atoms with E-state index < -0.39 is 0 Å². The number of aryl methyl sites for hydroxylation is 1. The van der Waals surface area contributed by atoms with E-state index in [9.17, 15) is 4.79 Å². The Morgan fingerprint density at radius 3 is 2.86 bits per heavy atom. The minimum atomic E-state index is 0.316. The van der Waals surface area contributed by atoms with Gasteiger partial charge >= 0.3 is 0 Å². The lowest BCUT2D eigenvalue weighted by Gasteiger charge is -2.30. The normalized spacial score (nSPS) is 18.7. The predicted molar refractivity (Wildman–Crippen MR) is 114 cm³/mol. The summed E-state index contributed by atoms with van der Waals surface area (Å²) in [6, 6.07) is 13.0. The molecule has 2 aromatic carbocycles. The molecular weight excluding hydrogens is 346 g/mol. The molecule has 0 saturated carbocycles. The standard InChI is InChI=1S/C25H31NO2/c1-26(15-14-18-12-13-22-19(16-18)6-4-10-24(22)27)17-20-7-3-9-23-21(20)8-5-11-25(23)28-2/h5,8,11-13,16,20H,3-4,6-7,9-10,14-15,17H2,1-2H3. The van der Waals surface area contributed by atoms with E-state index in [2.05, 4.69) is 48.3 Å². The van der Waals surface area contributed by atoms with Crippen LogP contribution in [0.1, 0.15) is 64.2 Å². The van der Waals surface area contributed by atoms with Gasteiger partial charge in [0.05, 0.1) is 7.11 Å². The Balaban J connectivity index is 1.38. The van der Waals surface area contributed by atoms with Gasteiger partial charge < -0.3 is 9.64 Å². The molecule has 0 bridgehead atoms. The van der Waals surface area contributed by atoms with E-state index >= 15 is 0 Å². The zero-order valence-corrected chi connectivity index (χ0v) is 17.2. The lowest BCUT2D eigenvalue weighted by Crippen LogP contribution is -2.28. The average Bonchev–Trinajstić information content (AvgIpc) is 2.72. The first-order chi connectivity index (χ1) is 13.7. The molecule has 0 fully saturated rings. The fraction of sp³-hybridized carbons (Fsp3) is 0.480. The second-order valence-electron chi connectivity index (χ2n) is 8.40. The summed E-state index contributed by atoms with van der Waals surface area (Å²) in [5.41, 5.74) is 6.45. The van der Waals surface area contributed by atoms with Crippen molar-refractivity contribution in [3.8, 4) is 5.75 Å². The maximum atomic E-state index is 12.0. The summed E-state index contributed by atoms with van der Waals surface area (Å²) >= 11 is 0. The zero-order chi connectivity index (χ0) is 19.5. The maximum Gasteiger partial charge on any atom is 0.163 e. The number of fused-ring (bicyclic) bond motifs is 2. The van der Waals surface area contributed by atoms with E-state index in [0.717, 1.165) is 50.1 Å². The van der Waals surface area contributed by atoms with Crippen molar-refractivity contribution in [3.05, 3.63) is 64.2 Å². The number of ether oxygens (including phenoxy) is 1. The fourth-order valence-electron chi connectivity index (χ4n) is 4.94. The Labute approximate surface area is 168 Å². The molecule has 1 atom stereocenters. The smallest absolute Gasteiger partial charge is 0.163 e. The van der Waals surface area contributed by atoms with Gasteiger partial charge in [-0.2, -0.15) is 0 Å². The molecule has 0 N–H and O–H groups in total. The molecule has 4 rings (SSSR count). The monoisotopic (exact) mass is 377 g/mol. The number of likely N-dealkylation sites (N-methyl/N-ethyl adjacent to an activating group) is 1. The van der Waals surface area contributed by atoms with Crippen molar-refractivity contribution < 1.29 is 9.53 Å². The van der Waals surface area contributed by atoms with Crippen LogP contribution in [-0.2, 0) is 19.3 Å². The summed E-state index contributed by atoms with van der Waals surface area (Å²) in [5, 5.41) is 0. The van der Waals surface area contributed by atoms with Crippen molar-refractivity contribution in [2.45, 2.75) is 50.9 Å². The van der Waals surface area contributed by atoms with E-state index in [1.165, 1.54) is 35.1 Å². The van der Waals surface area contributed by atoms with Crippen molar-refractivity contribution in [1.29, 1.82) is 0 Å². The summed E-state index contributed by atoms with van der Waals surface area (Å²) in [4.78, 5) is 14.5. The maximum absolute atomic E-state index is 12.0. The van der Waals surface area contributed by atoms with Gasteiger partial charge in [0.15, 0.2) is 5.78 Å². The van der Waals surface area contributed by atoms with Gasteiger partial charge in [0.25, 0.3) is 0 Å². The van der Waals surface area contributed by atoms with Crippen LogP contribution in [0.15, 0.2) is 36.4 Å². The third-order valence-electron chi connectivity index (χ3n) is 6.44. The molecule has 3 heteroatoms. The molecule has 3 nitrogen and oxygen atoms in total. The molecule has 2 aliphatic rings. The highest BCUT2D eigenvalue weighted by Crippen LogP contribution is 2.36. The lowest BCUT2D eigenvalue weighted by molar-refractivity contribution is 0.0972. The average molecular weight is 378 g/mol. The fourth-order valence-corrected chi connectivity index (χ4v) is 4.94. The Bertz CT molecular complexity index is 858. The van der Waals surface area contributed by atoms with Crippen molar-refractivity contribution in [1.82, 2.24) is 4.90 Å². The number of hydrogen-bond donors (Lipinski definition) is 0. The summed E-state index contributed by atoms with van der Waals surface area (Å²) in [7, 11) is 4.01. The number of ketones is 1. The molecule has 2 aliphatic carbocycles. The second kappa shape index (κ2) is 8.48. The van der Waals surface area contributed by atoms with Gasteiger partial charge in [-0.15, -0.1) is 0 Å². The van der Waals surface area contributed by atoms with E-state index in [0.29, 0.717) is 18.1 Å². The molecule has 1 unspecified atom stereocenters. The van der Waals surface area contributed by atoms with Crippen LogP contribution in [-0.4, -0.2) is 37.9 Å². The van der Waals surface area contributed by atoms with Crippen LogP contribution in [0.25, 0.3) is 0 Å². The molecule has 0 saturated heterocycles. The summed E-state index contributed by atoms with van der Waals surface area (Å²) in [6.45, 7) is 2.13. The predicted octanol–water partition coefficient (Wildman–Crippen LogP) is 4.81. The highest BCUT2D eigenvalue weighted by Gasteiger charge is 2.24. The minimum absolute atomic E-state index is 0.316. The number of Topliss-reactive ketones (excluding diaryl/α,β-unsaturated/α-hetero) is 1. The molecule has 0 spiro atoms. The lowest BCUT2D eigenvalue weighted by atomic mass is 9.82. The highest BCUT2D eigenvalue weighted by molar-refractivity contribution is 5.98. The molecule has 0 heterocycles. The number of carbonyl (C=O) groups is 1. The third kappa shape index (κ3) is 4.00. The van der Waals surface area contributed by atoms with Crippen LogP contribution in [0.2, 0.25) is 0 Å². The summed E-state index contributed by atoms with van der Waals surface area (Å²) in [6.07, 6.45) is 7.42. The number of hydrogen-bond acceptors (Lipinski definition) is 3. The van der Waals surface area contributed by atoms with Crippen molar-refractivity contribution >= 4 is 5.78 Å². The van der Waals surface area contributed by atoms with Gasteiger partial charge in [-0.25, -0.2) is 0 Å². The highest BCUT2D eigenvalue weighted by atomic mass is 16.5. The minimum Gasteiger partial charge on any atom is -0.496 e. The molecule has 0 aromatic heterocycles. The van der Waals surface area contributed by atoms with Crippen LogP contribution < -0.4 is 4.74 Å². The van der Waals surface area contributed by atoms with Crippen LogP contribution in [0.5, 0.6) is 5.75 Å². The molecule has 28 heavy (non-hydrogen) atoms. The van der Waals surface area contributed by atoms with Gasteiger partial charge in [0.2, 0.25) is 0 Å². The van der Waals surface area contributed by atoms with Gasteiger partial charge in [-0.05, 0) is 79.8 Å². The molecule has 0 aliphatic heterocycles. The van der Waals surface area contributed by atoms with Gasteiger partial charge in [-0.3, -0.25) is 4.79 Å².